The quantitative estimate of drug-likeness (QED) is 0.0244. The molecule has 0 saturated heterocycles. The van der Waals surface area contributed by atoms with Crippen LogP contribution in [0.25, 0.3) is 143 Å². The smallest absolute Gasteiger partial charge is 0.333 e. The maximum absolute atomic E-state index is 13.9. The Morgan fingerprint density at radius 1 is 0.301 bits per heavy atom. The van der Waals surface area contributed by atoms with Crippen molar-refractivity contribution in [2.75, 3.05) is 26.4 Å². The molecule has 113 heavy (non-hydrogen) atoms. The van der Waals surface area contributed by atoms with Gasteiger partial charge < -0.3 is 18.9 Å². The number of hydrogen-bond acceptors (Lipinski definition) is 8. The molecule has 3 aliphatic carbocycles. The summed E-state index contributed by atoms with van der Waals surface area (Å²) in [6, 6.07) is 77.3. The molecule has 0 amide bonds. The molecule has 2 unspecified atom stereocenters. The van der Waals surface area contributed by atoms with Crippen LogP contribution in [0, 0.1) is 0 Å². The molecule has 0 saturated carbocycles. The Balaban J connectivity index is 0.743. The van der Waals surface area contributed by atoms with Gasteiger partial charge in [0.05, 0.1) is 24.0 Å². The fraction of sp³-hybridized carbons (Fsp3) is 0.238. The summed E-state index contributed by atoms with van der Waals surface area (Å²) in [5.74, 6) is -1.84. The van der Waals surface area contributed by atoms with E-state index in [0.29, 0.717) is 48.0 Å². The topological polar surface area (TPSA) is 105 Å². The molecule has 14 aromatic rings. The minimum atomic E-state index is -0.881. The Kier molecular flexibility index (Phi) is 17.7. The highest BCUT2D eigenvalue weighted by atomic mass is 16.5. The molecule has 562 valence electrons. The summed E-state index contributed by atoms with van der Waals surface area (Å²) in [5.41, 5.74) is 23.1. The molecule has 0 fully saturated rings. The predicted octanol–water partition coefficient (Wildman–Crippen LogP) is 25.6. The van der Waals surface area contributed by atoms with Gasteiger partial charge in [0.15, 0.2) is 0 Å². The van der Waals surface area contributed by atoms with Crippen molar-refractivity contribution in [2.24, 2.45) is 0 Å². The van der Waals surface area contributed by atoms with Crippen molar-refractivity contribution >= 4 is 88.5 Å². The first-order valence-electron chi connectivity index (χ1n) is 39.6. The Labute approximate surface area is 662 Å². The average molecular weight is 1480 g/mol. The minimum Gasteiger partial charge on any atom is -0.462 e. The van der Waals surface area contributed by atoms with Gasteiger partial charge in [-0.2, -0.15) is 0 Å². The maximum Gasteiger partial charge on any atom is 0.333 e. The summed E-state index contributed by atoms with van der Waals surface area (Å²) < 4.78 is 24.5. The number of carbonyl (C=O) groups excluding carboxylic acids is 4. The van der Waals surface area contributed by atoms with E-state index in [2.05, 4.69) is 288 Å². The van der Waals surface area contributed by atoms with E-state index < -0.39 is 40.1 Å². The zero-order chi connectivity index (χ0) is 79.3. The zero-order valence-corrected chi connectivity index (χ0v) is 66.9. The number of rotatable bonds is 20. The number of hydrogen-bond donors (Lipinski definition) is 0. The van der Waals surface area contributed by atoms with Crippen molar-refractivity contribution in [3.05, 3.63) is 299 Å². The van der Waals surface area contributed by atoms with Crippen LogP contribution in [-0.2, 0) is 65.2 Å². The molecule has 2 atom stereocenters. The summed E-state index contributed by atoms with van der Waals surface area (Å²) in [4.78, 5) is 53.7. The Bertz CT molecular complexity index is 6050. The van der Waals surface area contributed by atoms with Crippen LogP contribution in [-0.4, -0.2) is 50.3 Å². The van der Waals surface area contributed by atoms with Crippen LogP contribution in [0.3, 0.4) is 0 Å². The van der Waals surface area contributed by atoms with E-state index in [0.717, 1.165) is 99.8 Å². The van der Waals surface area contributed by atoms with Crippen LogP contribution in [0.1, 0.15) is 153 Å². The van der Waals surface area contributed by atoms with Gasteiger partial charge in [-0.15, -0.1) is 0 Å². The van der Waals surface area contributed by atoms with Gasteiger partial charge in [0.1, 0.15) is 13.2 Å². The van der Waals surface area contributed by atoms with Crippen molar-refractivity contribution in [2.45, 2.75) is 136 Å². The maximum atomic E-state index is 13.9. The number of ether oxygens (including phenoxy) is 4. The van der Waals surface area contributed by atoms with Gasteiger partial charge in [0.25, 0.3) is 0 Å². The summed E-state index contributed by atoms with van der Waals surface area (Å²) in [7, 11) is 0. The van der Waals surface area contributed by atoms with Gasteiger partial charge in [-0.3, -0.25) is 0 Å². The van der Waals surface area contributed by atoms with Gasteiger partial charge in [0, 0.05) is 27.7 Å². The molecule has 3 aliphatic rings. The highest BCUT2D eigenvalue weighted by molar-refractivity contribution is 6.27. The fourth-order valence-corrected chi connectivity index (χ4v) is 18.7. The molecule has 0 spiro atoms. The molecule has 17 rings (SSSR count). The van der Waals surface area contributed by atoms with Crippen LogP contribution in [0.2, 0.25) is 0 Å². The molecule has 0 bridgehead atoms. The highest BCUT2D eigenvalue weighted by Crippen LogP contribution is 2.58. The van der Waals surface area contributed by atoms with E-state index in [1.807, 2.05) is 0 Å². The van der Waals surface area contributed by atoms with Crippen LogP contribution in [0.15, 0.2) is 255 Å². The summed E-state index contributed by atoms with van der Waals surface area (Å²) in [6.45, 7) is 41.0. The number of benzene rings is 14. The van der Waals surface area contributed by atoms with E-state index in [1.54, 1.807) is 27.7 Å². The first kappa shape index (κ1) is 73.8. The Morgan fingerprint density at radius 3 is 0.876 bits per heavy atom. The lowest BCUT2D eigenvalue weighted by Gasteiger charge is -2.32. The summed E-state index contributed by atoms with van der Waals surface area (Å²) in [5, 5.41) is 14.6. The lowest BCUT2D eigenvalue weighted by Crippen LogP contribution is -2.33. The van der Waals surface area contributed by atoms with Crippen molar-refractivity contribution in [1.82, 2.24) is 0 Å². The molecule has 8 heteroatoms. The zero-order valence-electron chi connectivity index (χ0n) is 66.9. The van der Waals surface area contributed by atoms with Crippen LogP contribution in [0.4, 0.5) is 0 Å². The van der Waals surface area contributed by atoms with Gasteiger partial charge in [-0.25, -0.2) is 19.2 Å². The fourth-order valence-electron chi connectivity index (χ4n) is 18.7. The summed E-state index contributed by atoms with van der Waals surface area (Å²) >= 11 is 0. The molecule has 0 N–H and O–H groups in total. The molecule has 8 nitrogen and oxygen atoms in total. The molecule has 0 radical (unpaired) electrons. The number of esters is 4. The van der Waals surface area contributed by atoms with Gasteiger partial charge in [-0.05, 0) is 288 Å². The third kappa shape index (κ3) is 12.2. The van der Waals surface area contributed by atoms with Gasteiger partial charge in [0.2, 0.25) is 0 Å². The third-order valence-electron chi connectivity index (χ3n) is 24.9. The van der Waals surface area contributed by atoms with Gasteiger partial charge in [-0.1, -0.05) is 252 Å². The first-order chi connectivity index (χ1) is 53.9. The monoisotopic (exact) mass is 1480 g/mol. The van der Waals surface area contributed by atoms with E-state index in [4.69, 9.17) is 18.9 Å². The van der Waals surface area contributed by atoms with Crippen molar-refractivity contribution < 1.29 is 38.1 Å². The minimum absolute atomic E-state index is 0.0169. The van der Waals surface area contributed by atoms with E-state index >= 15 is 0 Å². The summed E-state index contributed by atoms with van der Waals surface area (Å²) in [6.07, 6.45) is 1.94. The normalized spacial score (nSPS) is 15.8. The SMILES string of the molecule is C=C(C)C(=O)OCCCC1(COC(=O)C(=C)C)c2cc(-c3ccc4c(c3)C(C)(C)c3cc(-c5ccc6c(c5)C(CCCOC(=O)C(=C)C)(COC(=O)C(=C)C)c5cc(-c7ccc8ccc9cc(C(C)(C)C)cc%10ccc7c8c9%10)ccc5-6)ccc3-4)ccc2-c2ccc(-c3ccc4ccc5cc(C(C)(C)C)cc6ccc3c4c56)cc21. The molecule has 0 aromatic heterocycles. The van der Waals surface area contributed by atoms with E-state index in [9.17, 15) is 19.2 Å². The van der Waals surface area contributed by atoms with E-state index in [-0.39, 0.29) is 37.3 Å². The van der Waals surface area contributed by atoms with Crippen molar-refractivity contribution in [1.29, 1.82) is 0 Å². The van der Waals surface area contributed by atoms with E-state index in [1.165, 1.54) is 87.2 Å². The van der Waals surface area contributed by atoms with Gasteiger partial charge >= 0.3 is 23.9 Å². The standard InChI is InChI=1S/C105H94O8/c1-59(2)97(106)110-45-17-43-104(57-112-99(108)61(5)6)89-53-67(27-37-81(89)83-39-29-69(55-91(83)104)77-33-23-63-19-21-71-47-75(101(9,10)11)49-73-31-41-85(77)95(63)93(71)73)65-25-35-79-80-36-26-66(52-88(80)103(15,16)87(79)51-65)68-28-38-82-84-40-30-70(56-92(84)105(90(82)54-68,58-113-100(109)62(7)8)44-18-46-111-98(107)60(3)4)78-34-24-64-20-22-72-48-76(102(12,13)14)50-74-32-42-86(78)96(64)94(72)74/h19-42,47-56H,1,3,5,7,17-18,43-46,57-58H2,2,4,6,8-16H3. The molecule has 14 aromatic carbocycles. The van der Waals surface area contributed by atoms with Crippen molar-refractivity contribution in [3.63, 3.8) is 0 Å². The van der Waals surface area contributed by atoms with Crippen LogP contribution >= 0.6 is 0 Å². The molecular formula is C105H94O8. The largest absolute Gasteiger partial charge is 0.462 e. The highest BCUT2D eigenvalue weighted by Gasteiger charge is 2.47. The second kappa shape index (κ2) is 27.1. The lowest BCUT2D eigenvalue weighted by molar-refractivity contribution is -0.141. The van der Waals surface area contributed by atoms with Crippen molar-refractivity contribution in [3.8, 4) is 77.9 Å². The molecular weight excluding hydrogens is 1390 g/mol. The molecule has 0 aliphatic heterocycles. The molecule has 0 heterocycles. The second-order valence-electron chi connectivity index (χ2n) is 35.0. The van der Waals surface area contributed by atoms with Crippen LogP contribution < -0.4 is 0 Å². The lowest BCUT2D eigenvalue weighted by atomic mass is 9.74. The number of fused-ring (bicyclic) bond motifs is 9. The second-order valence-corrected chi connectivity index (χ2v) is 35.0. The first-order valence-corrected chi connectivity index (χ1v) is 39.6. The number of carbonyl (C=O) groups is 4. The van der Waals surface area contributed by atoms with Crippen LogP contribution in [0.5, 0.6) is 0 Å². The Hall–Kier alpha value is -12.0. The predicted molar refractivity (Wildman–Crippen MR) is 465 cm³/mol. The average Bonchev–Trinajstić information content (AvgIpc) is 1.66. The Morgan fingerprint density at radius 2 is 0.558 bits per heavy atom. The third-order valence-corrected chi connectivity index (χ3v) is 24.9.